The van der Waals surface area contributed by atoms with Crippen LogP contribution in [-0.2, 0) is 0 Å². The van der Waals surface area contributed by atoms with E-state index < -0.39 is 5.63 Å². The SMILES string of the molecule is O=c1ccc2cc(O)c(OCCI)cc2o1. The molecule has 0 saturated heterocycles. The molecule has 0 atom stereocenters. The van der Waals surface area contributed by atoms with E-state index in [1.165, 1.54) is 18.2 Å². The van der Waals surface area contributed by atoms with Gasteiger partial charge in [0.2, 0.25) is 0 Å². The lowest BCUT2D eigenvalue weighted by atomic mass is 10.2. The van der Waals surface area contributed by atoms with Crippen LogP contribution in [0, 0.1) is 0 Å². The van der Waals surface area contributed by atoms with Gasteiger partial charge in [0.25, 0.3) is 0 Å². The number of phenols is 1. The summed E-state index contributed by atoms with van der Waals surface area (Å²) in [4.78, 5) is 11.0. The number of hydrogen-bond acceptors (Lipinski definition) is 4. The van der Waals surface area contributed by atoms with E-state index in [-0.39, 0.29) is 5.75 Å². The highest BCUT2D eigenvalue weighted by molar-refractivity contribution is 14.1. The van der Waals surface area contributed by atoms with Crippen molar-refractivity contribution in [1.82, 2.24) is 0 Å². The minimum Gasteiger partial charge on any atom is -0.504 e. The summed E-state index contributed by atoms with van der Waals surface area (Å²) in [6.45, 7) is 0.497. The molecule has 4 nitrogen and oxygen atoms in total. The van der Waals surface area contributed by atoms with E-state index in [4.69, 9.17) is 9.15 Å². The molecular formula is C11H9IO4. The maximum Gasteiger partial charge on any atom is 0.336 e. The molecule has 1 N–H and O–H groups in total. The van der Waals surface area contributed by atoms with Gasteiger partial charge in [-0.15, -0.1) is 0 Å². The van der Waals surface area contributed by atoms with Gasteiger partial charge in [0.05, 0.1) is 6.61 Å². The summed E-state index contributed by atoms with van der Waals surface area (Å²) in [6, 6.07) is 5.95. The van der Waals surface area contributed by atoms with Crippen LogP contribution in [0.3, 0.4) is 0 Å². The second kappa shape index (κ2) is 4.73. The third-order valence-electron chi connectivity index (χ3n) is 2.04. The van der Waals surface area contributed by atoms with Gasteiger partial charge < -0.3 is 14.3 Å². The Labute approximate surface area is 105 Å². The fraction of sp³-hybridized carbons (Fsp3) is 0.182. The van der Waals surface area contributed by atoms with Crippen LogP contribution >= 0.6 is 22.6 Å². The molecule has 16 heavy (non-hydrogen) atoms. The molecule has 84 valence electrons. The van der Waals surface area contributed by atoms with Crippen molar-refractivity contribution in [2.75, 3.05) is 11.0 Å². The zero-order valence-electron chi connectivity index (χ0n) is 8.27. The number of fused-ring (bicyclic) bond motifs is 1. The Morgan fingerprint density at radius 2 is 2.19 bits per heavy atom. The van der Waals surface area contributed by atoms with Gasteiger partial charge in [-0.25, -0.2) is 4.79 Å². The predicted molar refractivity (Wildman–Crippen MR) is 68.5 cm³/mol. The van der Waals surface area contributed by atoms with E-state index in [0.29, 0.717) is 23.3 Å². The zero-order valence-corrected chi connectivity index (χ0v) is 10.4. The molecule has 0 bridgehead atoms. The standard InChI is InChI=1S/C11H9IO4/c12-3-4-15-10-6-9-7(5-8(10)13)1-2-11(14)16-9/h1-2,5-6,13H,3-4H2. The Hall–Kier alpha value is -1.24. The van der Waals surface area contributed by atoms with E-state index in [1.807, 2.05) is 0 Å². The minimum absolute atomic E-state index is 0.0474. The molecule has 0 saturated carbocycles. The van der Waals surface area contributed by atoms with Gasteiger partial charge in [0, 0.05) is 21.9 Å². The van der Waals surface area contributed by atoms with Crippen LogP contribution in [0.1, 0.15) is 0 Å². The van der Waals surface area contributed by atoms with Crippen molar-refractivity contribution in [1.29, 1.82) is 0 Å². The number of aromatic hydroxyl groups is 1. The van der Waals surface area contributed by atoms with E-state index in [2.05, 4.69) is 22.6 Å². The maximum absolute atomic E-state index is 11.0. The number of alkyl halides is 1. The summed E-state index contributed by atoms with van der Waals surface area (Å²) < 4.78 is 11.1. The third-order valence-corrected chi connectivity index (χ3v) is 2.48. The number of benzene rings is 1. The van der Waals surface area contributed by atoms with E-state index in [1.54, 1.807) is 6.07 Å². The first-order valence-corrected chi connectivity index (χ1v) is 6.19. The summed E-state index contributed by atoms with van der Waals surface area (Å²) in [6.07, 6.45) is 0. The van der Waals surface area contributed by atoms with Crippen LogP contribution in [0.5, 0.6) is 11.5 Å². The van der Waals surface area contributed by atoms with Gasteiger partial charge in [-0.3, -0.25) is 0 Å². The van der Waals surface area contributed by atoms with Crippen molar-refractivity contribution in [3.05, 3.63) is 34.7 Å². The second-order valence-corrected chi connectivity index (χ2v) is 4.23. The third kappa shape index (κ3) is 2.29. The van der Waals surface area contributed by atoms with Crippen LogP contribution in [0.4, 0.5) is 0 Å². The molecule has 0 spiro atoms. The zero-order chi connectivity index (χ0) is 11.5. The van der Waals surface area contributed by atoms with Gasteiger partial charge in [0.15, 0.2) is 11.5 Å². The van der Waals surface area contributed by atoms with Crippen LogP contribution in [0.2, 0.25) is 0 Å². The van der Waals surface area contributed by atoms with Crippen LogP contribution < -0.4 is 10.4 Å². The molecule has 0 fully saturated rings. The molecule has 2 rings (SSSR count). The fourth-order valence-corrected chi connectivity index (χ4v) is 1.57. The molecule has 0 aliphatic carbocycles. The normalized spacial score (nSPS) is 10.6. The number of rotatable bonds is 3. The fourth-order valence-electron chi connectivity index (χ4n) is 1.35. The molecule has 0 aliphatic rings. The van der Waals surface area contributed by atoms with E-state index >= 15 is 0 Å². The molecular weight excluding hydrogens is 323 g/mol. The lowest BCUT2D eigenvalue weighted by Gasteiger charge is -2.07. The lowest BCUT2D eigenvalue weighted by molar-refractivity contribution is 0.323. The Kier molecular flexibility index (Phi) is 3.33. The lowest BCUT2D eigenvalue weighted by Crippen LogP contribution is -1.99. The van der Waals surface area contributed by atoms with Crippen LogP contribution in [-0.4, -0.2) is 16.1 Å². The number of halogens is 1. The smallest absolute Gasteiger partial charge is 0.336 e. The first-order valence-electron chi connectivity index (χ1n) is 4.66. The molecule has 0 radical (unpaired) electrons. The monoisotopic (exact) mass is 332 g/mol. The van der Waals surface area contributed by atoms with Crippen molar-refractivity contribution >= 4 is 33.6 Å². The van der Waals surface area contributed by atoms with Crippen molar-refractivity contribution in [2.24, 2.45) is 0 Å². The Morgan fingerprint density at radius 3 is 2.94 bits per heavy atom. The van der Waals surface area contributed by atoms with Crippen molar-refractivity contribution in [3.8, 4) is 11.5 Å². The number of ether oxygens (including phenoxy) is 1. The van der Waals surface area contributed by atoms with Gasteiger partial charge in [0.1, 0.15) is 5.58 Å². The van der Waals surface area contributed by atoms with Crippen molar-refractivity contribution < 1.29 is 14.3 Å². The van der Waals surface area contributed by atoms with Crippen LogP contribution in [0.25, 0.3) is 11.0 Å². The number of hydrogen-bond donors (Lipinski definition) is 1. The highest BCUT2D eigenvalue weighted by atomic mass is 127. The summed E-state index contributed by atoms with van der Waals surface area (Å²) in [5.74, 6) is 0.379. The molecule has 0 aliphatic heterocycles. The summed E-state index contributed by atoms with van der Waals surface area (Å²) in [5.41, 5.74) is -0.00760. The molecule has 1 aromatic carbocycles. The number of phenolic OH excluding ortho intramolecular Hbond substituents is 1. The van der Waals surface area contributed by atoms with Gasteiger partial charge in [-0.1, -0.05) is 22.6 Å². The summed E-state index contributed by atoms with van der Waals surface area (Å²) in [7, 11) is 0. The Balaban J connectivity index is 2.51. The average molecular weight is 332 g/mol. The molecule has 1 heterocycles. The van der Waals surface area contributed by atoms with E-state index in [9.17, 15) is 9.90 Å². The predicted octanol–water partition coefficient (Wildman–Crippen LogP) is 2.31. The molecule has 2 aromatic rings. The topological polar surface area (TPSA) is 59.7 Å². The average Bonchev–Trinajstić information content (AvgIpc) is 2.27. The first-order chi connectivity index (χ1) is 7.70. The largest absolute Gasteiger partial charge is 0.504 e. The van der Waals surface area contributed by atoms with Gasteiger partial charge >= 0.3 is 5.63 Å². The van der Waals surface area contributed by atoms with Gasteiger partial charge in [-0.2, -0.15) is 0 Å². The molecule has 5 heteroatoms. The van der Waals surface area contributed by atoms with Gasteiger partial charge in [-0.05, 0) is 12.1 Å². The maximum atomic E-state index is 11.0. The quantitative estimate of drug-likeness (QED) is 0.532. The highest BCUT2D eigenvalue weighted by Gasteiger charge is 2.06. The molecule has 1 aromatic heterocycles. The summed E-state index contributed by atoms with van der Waals surface area (Å²) in [5, 5.41) is 10.3. The highest BCUT2D eigenvalue weighted by Crippen LogP contribution is 2.30. The molecule has 0 unspecified atom stereocenters. The van der Waals surface area contributed by atoms with Crippen molar-refractivity contribution in [2.45, 2.75) is 0 Å². The Bertz CT molecular complexity index is 561. The van der Waals surface area contributed by atoms with Crippen molar-refractivity contribution in [3.63, 3.8) is 0 Å². The second-order valence-electron chi connectivity index (χ2n) is 3.15. The first kappa shape index (κ1) is 11.3. The van der Waals surface area contributed by atoms with E-state index in [0.717, 1.165) is 4.43 Å². The molecule has 0 amide bonds. The summed E-state index contributed by atoms with van der Waals surface area (Å²) >= 11 is 2.17. The Morgan fingerprint density at radius 1 is 1.38 bits per heavy atom. The minimum atomic E-state index is -0.418. The van der Waals surface area contributed by atoms with Crippen LogP contribution in [0.15, 0.2) is 33.5 Å².